The number of carbonyl (C=O) groups is 8. The van der Waals surface area contributed by atoms with Crippen LogP contribution in [0.3, 0.4) is 0 Å². The van der Waals surface area contributed by atoms with Gasteiger partial charge in [-0.05, 0) is 51.9 Å². The summed E-state index contributed by atoms with van der Waals surface area (Å²) in [4.78, 5) is 93.7. The molecule has 5 N–H and O–H groups in total. The minimum atomic E-state index is -1.17. The Labute approximate surface area is 375 Å². The quantitative estimate of drug-likeness (QED) is 0.0462. The summed E-state index contributed by atoms with van der Waals surface area (Å²) in [5.74, 6) is -2.70. The van der Waals surface area contributed by atoms with Gasteiger partial charge in [0.15, 0.2) is 0 Å². The van der Waals surface area contributed by atoms with Crippen molar-refractivity contribution in [3.05, 3.63) is 0 Å². The van der Waals surface area contributed by atoms with Crippen LogP contribution >= 0.6 is 0 Å². The largest absolute Gasteiger partial charge is 0.481 e. The van der Waals surface area contributed by atoms with Crippen LogP contribution in [-0.4, -0.2) is 129 Å². The van der Waals surface area contributed by atoms with Gasteiger partial charge in [-0.25, -0.2) is 4.79 Å². The number of nitrogens with one attached hydrogen (secondary N) is 3. The van der Waals surface area contributed by atoms with Crippen molar-refractivity contribution in [2.75, 3.05) is 65.9 Å². The van der Waals surface area contributed by atoms with Gasteiger partial charge in [0.2, 0.25) is 17.7 Å². The first-order valence-electron chi connectivity index (χ1n) is 23.5. The summed E-state index contributed by atoms with van der Waals surface area (Å²) in [6.45, 7) is 5.77. The van der Waals surface area contributed by atoms with Crippen LogP contribution < -0.4 is 16.0 Å². The highest BCUT2D eigenvalue weighted by atomic mass is 16.5. The van der Waals surface area contributed by atoms with E-state index >= 15 is 0 Å². The third kappa shape index (κ3) is 40.7. The first-order chi connectivity index (χ1) is 30.3. The summed E-state index contributed by atoms with van der Waals surface area (Å²) >= 11 is 0. The van der Waals surface area contributed by atoms with Crippen molar-refractivity contribution in [2.45, 2.75) is 174 Å². The van der Waals surface area contributed by atoms with Gasteiger partial charge in [0.1, 0.15) is 36.6 Å². The van der Waals surface area contributed by atoms with E-state index in [-0.39, 0.29) is 132 Å². The molecule has 0 fully saturated rings. The number of carboxylic acid groups (broad SMARTS) is 2. The third-order valence-electron chi connectivity index (χ3n) is 10.5. The molecule has 0 radical (unpaired) electrons. The van der Waals surface area contributed by atoms with E-state index in [2.05, 4.69) is 16.0 Å². The fourth-order valence-electron chi connectivity index (χ4n) is 6.65. The molecular weight excluding hydrogens is 819 g/mol. The molecule has 0 rings (SSSR count). The molecule has 17 heteroatoms. The zero-order valence-electron chi connectivity index (χ0n) is 38.5. The van der Waals surface area contributed by atoms with E-state index in [9.17, 15) is 43.5 Å². The normalized spacial score (nSPS) is 12.0. The van der Waals surface area contributed by atoms with Gasteiger partial charge < -0.3 is 45.1 Å². The Morgan fingerprint density at radius 3 is 1.49 bits per heavy atom. The van der Waals surface area contributed by atoms with Crippen molar-refractivity contribution >= 4 is 47.0 Å². The van der Waals surface area contributed by atoms with Crippen molar-refractivity contribution in [1.82, 2.24) is 16.0 Å². The second-order valence-corrected chi connectivity index (χ2v) is 16.1. The van der Waals surface area contributed by atoms with Crippen LogP contribution in [0.5, 0.6) is 0 Å². The summed E-state index contributed by atoms with van der Waals surface area (Å²) < 4.78 is 21.5. The summed E-state index contributed by atoms with van der Waals surface area (Å²) in [5.41, 5.74) is 0. The molecule has 0 aromatic heterocycles. The highest BCUT2D eigenvalue weighted by Crippen LogP contribution is 2.15. The van der Waals surface area contributed by atoms with Crippen LogP contribution in [0.4, 0.5) is 0 Å². The second-order valence-electron chi connectivity index (χ2n) is 16.1. The Bertz CT molecular complexity index is 1280. The van der Waals surface area contributed by atoms with Gasteiger partial charge in [0.25, 0.3) is 0 Å². The predicted molar refractivity (Wildman–Crippen MR) is 237 cm³/mol. The van der Waals surface area contributed by atoms with E-state index in [1.807, 2.05) is 6.92 Å². The number of ketones is 3. The van der Waals surface area contributed by atoms with E-state index in [0.717, 1.165) is 89.9 Å². The lowest BCUT2D eigenvalue weighted by molar-refractivity contribution is -0.142. The van der Waals surface area contributed by atoms with E-state index in [0.29, 0.717) is 32.4 Å². The van der Waals surface area contributed by atoms with Crippen molar-refractivity contribution in [1.29, 1.82) is 0 Å². The summed E-state index contributed by atoms with van der Waals surface area (Å²) in [5, 5.41) is 26.2. The SMILES string of the molecule is CCC(CCCCNC(=O)COCCOCCNC(=O)COCCOCCCC(=O)CCC(NC(=O)CCCCCCCCCCCCCCC(=O)CCC(=O)O)C(=O)O)C(C)=O. The zero-order chi connectivity index (χ0) is 46.8. The molecule has 2 unspecified atom stereocenters. The number of carbonyl (C=O) groups excluding carboxylic acids is 6. The fraction of sp³-hybridized carbons (Fsp3) is 0.826. The molecule has 3 amide bonds. The number of aliphatic carboxylic acids is 2. The molecule has 0 aliphatic carbocycles. The molecule has 0 spiro atoms. The molecule has 0 aliphatic rings. The molecule has 364 valence electrons. The molecule has 0 aromatic carbocycles. The fourth-order valence-corrected chi connectivity index (χ4v) is 6.65. The summed E-state index contributed by atoms with van der Waals surface area (Å²) in [7, 11) is 0. The van der Waals surface area contributed by atoms with Crippen molar-refractivity contribution in [3.8, 4) is 0 Å². The van der Waals surface area contributed by atoms with Crippen LogP contribution in [0.15, 0.2) is 0 Å². The average molecular weight is 900 g/mol. The first-order valence-corrected chi connectivity index (χ1v) is 23.5. The molecule has 0 bridgehead atoms. The molecule has 2 atom stereocenters. The molecular formula is C46H81N3O14. The number of amides is 3. The van der Waals surface area contributed by atoms with Crippen LogP contribution in [0.1, 0.15) is 168 Å². The van der Waals surface area contributed by atoms with Gasteiger partial charge in [0.05, 0.1) is 39.5 Å². The van der Waals surface area contributed by atoms with E-state index in [1.165, 1.54) is 6.42 Å². The maximum absolute atomic E-state index is 12.4. The van der Waals surface area contributed by atoms with Gasteiger partial charge >= 0.3 is 11.9 Å². The number of rotatable bonds is 47. The molecule has 0 saturated heterocycles. The minimum absolute atomic E-state index is 0.0256. The smallest absolute Gasteiger partial charge is 0.326 e. The number of hydrogen-bond donors (Lipinski definition) is 5. The van der Waals surface area contributed by atoms with Crippen molar-refractivity contribution < 1.29 is 67.5 Å². The van der Waals surface area contributed by atoms with Gasteiger partial charge in [-0.2, -0.15) is 0 Å². The molecule has 63 heavy (non-hydrogen) atoms. The lowest BCUT2D eigenvalue weighted by Gasteiger charge is -2.14. The topological polar surface area (TPSA) is 250 Å². The van der Waals surface area contributed by atoms with Crippen LogP contribution in [0.25, 0.3) is 0 Å². The number of unbranched alkanes of at least 4 members (excludes halogenated alkanes) is 12. The van der Waals surface area contributed by atoms with E-state index in [4.69, 9.17) is 24.1 Å². The maximum atomic E-state index is 12.4. The van der Waals surface area contributed by atoms with Crippen LogP contribution in [-0.2, 0) is 57.3 Å². The van der Waals surface area contributed by atoms with Gasteiger partial charge in [-0.15, -0.1) is 0 Å². The summed E-state index contributed by atoms with van der Waals surface area (Å²) in [6, 6.07) is -1.11. The Hall–Kier alpha value is -3.80. The molecule has 0 aromatic rings. The molecule has 0 heterocycles. The Balaban J connectivity index is 3.67. The maximum Gasteiger partial charge on any atom is 0.326 e. The van der Waals surface area contributed by atoms with Crippen LogP contribution in [0, 0.1) is 5.92 Å². The van der Waals surface area contributed by atoms with Gasteiger partial charge in [0, 0.05) is 57.7 Å². The minimum Gasteiger partial charge on any atom is -0.481 e. The third-order valence-corrected chi connectivity index (χ3v) is 10.5. The first kappa shape index (κ1) is 59.2. The standard InChI is InChI=1S/C46H81N3O14/c1-3-38(37(2)50)19-16-17-27-47-43(54)35-63-34-32-61-30-28-48-44(55)36-62-33-31-60-29-18-21-40(52)23-25-41(46(58)59)49-42(53)22-15-13-11-9-7-5-4-6-8-10-12-14-20-39(51)24-26-45(56)57/h38,41H,3-36H2,1-2H3,(H,47,54)(H,48,55)(H,49,53)(H,56,57)(H,58,59). The zero-order valence-corrected chi connectivity index (χ0v) is 38.5. The Morgan fingerprint density at radius 1 is 0.460 bits per heavy atom. The Morgan fingerprint density at radius 2 is 0.952 bits per heavy atom. The monoisotopic (exact) mass is 900 g/mol. The van der Waals surface area contributed by atoms with E-state index < -0.39 is 18.0 Å². The molecule has 0 aliphatic heterocycles. The van der Waals surface area contributed by atoms with Crippen molar-refractivity contribution in [3.63, 3.8) is 0 Å². The van der Waals surface area contributed by atoms with Gasteiger partial charge in [-0.1, -0.05) is 77.6 Å². The van der Waals surface area contributed by atoms with Gasteiger partial charge in [-0.3, -0.25) is 33.6 Å². The van der Waals surface area contributed by atoms with Crippen molar-refractivity contribution in [2.24, 2.45) is 5.92 Å². The molecule has 0 saturated carbocycles. The number of Topliss-reactive ketones (excluding diaryl/α,β-unsaturated/α-hetero) is 3. The van der Waals surface area contributed by atoms with Crippen LogP contribution in [0.2, 0.25) is 0 Å². The second kappa shape index (κ2) is 42.2. The average Bonchev–Trinajstić information content (AvgIpc) is 3.24. The van der Waals surface area contributed by atoms with E-state index in [1.54, 1.807) is 6.92 Å². The lowest BCUT2D eigenvalue weighted by Crippen LogP contribution is -2.41. The predicted octanol–water partition coefficient (Wildman–Crippen LogP) is 5.66. The Kier molecular flexibility index (Phi) is 39.6. The highest BCUT2D eigenvalue weighted by molar-refractivity contribution is 5.85. The summed E-state index contributed by atoms with van der Waals surface area (Å²) in [6.07, 6.45) is 17.2. The lowest BCUT2D eigenvalue weighted by atomic mass is 9.95. The highest BCUT2D eigenvalue weighted by Gasteiger charge is 2.21. The number of ether oxygens (including phenoxy) is 4. The number of carboxylic acids is 2. The molecule has 17 nitrogen and oxygen atoms in total. The number of hydrogen-bond acceptors (Lipinski definition) is 12.